The van der Waals surface area contributed by atoms with Gasteiger partial charge in [0.2, 0.25) is 0 Å². The van der Waals surface area contributed by atoms with Gasteiger partial charge in [-0.3, -0.25) is 0 Å². The first kappa shape index (κ1) is 12.9. The topological polar surface area (TPSA) is 42.2 Å². The molecule has 0 aliphatic rings. The number of hydrogen-bond donors (Lipinski definition) is 0. The summed E-state index contributed by atoms with van der Waals surface area (Å²) in [7, 11) is 1.53. The Labute approximate surface area is 110 Å². The molecule has 19 heavy (non-hydrogen) atoms. The summed E-state index contributed by atoms with van der Waals surface area (Å²) in [6.45, 7) is 0.283. The molecule has 0 fully saturated rings. The Morgan fingerprint density at radius 2 is 1.84 bits per heavy atom. The molecule has 0 heterocycles. The van der Waals surface area contributed by atoms with Crippen molar-refractivity contribution in [2.75, 3.05) is 7.11 Å². The van der Waals surface area contributed by atoms with Crippen molar-refractivity contribution in [1.82, 2.24) is 0 Å². The van der Waals surface area contributed by atoms with Crippen molar-refractivity contribution in [3.8, 4) is 17.6 Å². The van der Waals surface area contributed by atoms with Gasteiger partial charge in [-0.25, -0.2) is 4.39 Å². The fourth-order valence-electron chi connectivity index (χ4n) is 1.60. The molecule has 0 aliphatic carbocycles. The summed E-state index contributed by atoms with van der Waals surface area (Å²) in [6.07, 6.45) is 0. The van der Waals surface area contributed by atoms with Crippen LogP contribution in [0.3, 0.4) is 0 Å². The Balaban J connectivity index is 2.14. The highest BCUT2D eigenvalue weighted by Crippen LogP contribution is 2.28. The fraction of sp³-hybridized carbons (Fsp3) is 0.133. The predicted octanol–water partition coefficient (Wildman–Crippen LogP) is 3.28. The number of hydrogen-bond acceptors (Lipinski definition) is 3. The number of rotatable bonds is 4. The number of methoxy groups -OCH3 is 1. The molecular weight excluding hydrogens is 245 g/mol. The van der Waals surface area contributed by atoms with Crippen molar-refractivity contribution in [2.24, 2.45) is 0 Å². The van der Waals surface area contributed by atoms with Crippen molar-refractivity contribution in [3.05, 3.63) is 59.4 Å². The predicted molar refractivity (Wildman–Crippen MR) is 68.4 cm³/mol. The summed E-state index contributed by atoms with van der Waals surface area (Å²) >= 11 is 0. The number of nitriles is 1. The standard InChI is InChI=1S/C15H12FNO2/c1-18-14-7-4-12(9-17)8-15(14)19-10-11-2-5-13(16)6-3-11/h2-8H,10H2,1H3. The Morgan fingerprint density at radius 1 is 1.11 bits per heavy atom. The van der Waals surface area contributed by atoms with E-state index in [4.69, 9.17) is 14.7 Å². The SMILES string of the molecule is COc1ccc(C#N)cc1OCc1ccc(F)cc1. The zero-order valence-corrected chi connectivity index (χ0v) is 10.4. The minimum atomic E-state index is -0.284. The van der Waals surface area contributed by atoms with E-state index < -0.39 is 0 Å². The highest BCUT2D eigenvalue weighted by atomic mass is 19.1. The number of benzene rings is 2. The van der Waals surface area contributed by atoms with Crippen LogP contribution in [-0.4, -0.2) is 7.11 Å². The maximum Gasteiger partial charge on any atom is 0.162 e. The molecule has 0 aromatic heterocycles. The molecule has 0 radical (unpaired) electrons. The van der Waals surface area contributed by atoms with Crippen molar-refractivity contribution in [2.45, 2.75) is 6.61 Å². The van der Waals surface area contributed by atoms with Crippen LogP contribution in [0, 0.1) is 17.1 Å². The monoisotopic (exact) mass is 257 g/mol. The third-order valence-corrected chi connectivity index (χ3v) is 2.60. The van der Waals surface area contributed by atoms with Gasteiger partial charge in [-0.1, -0.05) is 12.1 Å². The maximum absolute atomic E-state index is 12.8. The molecule has 0 saturated heterocycles. The summed E-state index contributed by atoms with van der Waals surface area (Å²) in [4.78, 5) is 0. The number of nitrogens with zero attached hydrogens (tertiary/aromatic N) is 1. The van der Waals surface area contributed by atoms with E-state index in [1.54, 1.807) is 30.3 Å². The summed E-state index contributed by atoms with van der Waals surface area (Å²) < 4.78 is 23.5. The van der Waals surface area contributed by atoms with E-state index >= 15 is 0 Å². The van der Waals surface area contributed by atoms with Gasteiger partial charge in [-0.2, -0.15) is 5.26 Å². The van der Waals surface area contributed by atoms with Crippen LogP contribution >= 0.6 is 0 Å². The van der Waals surface area contributed by atoms with Gasteiger partial charge < -0.3 is 9.47 Å². The molecule has 0 unspecified atom stereocenters. The molecule has 96 valence electrons. The maximum atomic E-state index is 12.8. The van der Waals surface area contributed by atoms with Crippen molar-refractivity contribution >= 4 is 0 Å². The quantitative estimate of drug-likeness (QED) is 0.844. The average molecular weight is 257 g/mol. The second kappa shape index (κ2) is 5.87. The van der Waals surface area contributed by atoms with Crippen LogP contribution in [0.25, 0.3) is 0 Å². The minimum absolute atomic E-state index is 0.283. The van der Waals surface area contributed by atoms with Crippen LogP contribution in [0.4, 0.5) is 4.39 Å². The van der Waals surface area contributed by atoms with Crippen LogP contribution < -0.4 is 9.47 Å². The lowest BCUT2D eigenvalue weighted by atomic mass is 10.2. The zero-order chi connectivity index (χ0) is 13.7. The Bertz CT molecular complexity index is 603. The third kappa shape index (κ3) is 3.23. The summed E-state index contributed by atoms with van der Waals surface area (Å²) in [5.74, 6) is 0.764. The molecule has 0 atom stereocenters. The van der Waals surface area contributed by atoms with Crippen LogP contribution in [0.2, 0.25) is 0 Å². The summed E-state index contributed by atoms with van der Waals surface area (Å²) in [6, 6.07) is 13.0. The van der Waals surface area contributed by atoms with E-state index in [0.29, 0.717) is 17.1 Å². The summed E-state index contributed by atoms with van der Waals surface area (Å²) in [5.41, 5.74) is 1.33. The van der Waals surface area contributed by atoms with Gasteiger partial charge in [0, 0.05) is 6.07 Å². The van der Waals surface area contributed by atoms with Gasteiger partial charge in [0.25, 0.3) is 0 Å². The second-order valence-electron chi connectivity index (χ2n) is 3.89. The Hall–Kier alpha value is -2.54. The smallest absolute Gasteiger partial charge is 0.162 e. The van der Waals surface area contributed by atoms with Crippen LogP contribution in [-0.2, 0) is 6.61 Å². The third-order valence-electron chi connectivity index (χ3n) is 2.60. The van der Waals surface area contributed by atoms with E-state index in [-0.39, 0.29) is 12.4 Å². The van der Waals surface area contributed by atoms with E-state index in [1.807, 2.05) is 6.07 Å². The molecule has 0 aliphatic heterocycles. The lowest BCUT2D eigenvalue weighted by Crippen LogP contribution is -1.98. The summed E-state index contributed by atoms with van der Waals surface area (Å²) in [5, 5.41) is 8.85. The van der Waals surface area contributed by atoms with Gasteiger partial charge >= 0.3 is 0 Å². The van der Waals surface area contributed by atoms with Crippen molar-refractivity contribution in [3.63, 3.8) is 0 Å². The molecule has 0 amide bonds. The molecule has 2 rings (SSSR count). The molecule has 3 nitrogen and oxygen atoms in total. The highest BCUT2D eigenvalue weighted by molar-refractivity contribution is 5.46. The van der Waals surface area contributed by atoms with Gasteiger partial charge in [-0.15, -0.1) is 0 Å². The normalized spacial score (nSPS) is 9.74. The van der Waals surface area contributed by atoms with Crippen molar-refractivity contribution in [1.29, 1.82) is 5.26 Å². The van der Waals surface area contributed by atoms with E-state index in [2.05, 4.69) is 0 Å². The first-order chi connectivity index (χ1) is 9.22. The van der Waals surface area contributed by atoms with Gasteiger partial charge in [0.1, 0.15) is 12.4 Å². The Kier molecular flexibility index (Phi) is 3.99. The molecule has 0 bridgehead atoms. The minimum Gasteiger partial charge on any atom is -0.493 e. The largest absolute Gasteiger partial charge is 0.493 e. The molecule has 0 spiro atoms. The van der Waals surface area contributed by atoms with E-state index in [1.165, 1.54) is 19.2 Å². The first-order valence-corrected chi connectivity index (χ1v) is 5.68. The molecule has 4 heteroatoms. The average Bonchev–Trinajstić information content (AvgIpc) is 2.46. The molecule has 2 aromatic rings. The lowest BCUT2D eigenvalue weighted by Gasteiger charge is -2.10. The van der Waals surface area contributed by atoms with E-state index in [0.717, 1.165) is 5.56 Å². The highest BCUT2D eigenvalue weighted by Gasteiger charge is 2.06. The number of ether oxygens (including phenoxy) is 2. The van der Waals surface area contributed by atoms with Crippen molar-refractivity contribution < 1.29 is 13.9 Å². The molecular formula is C15H12FNO2. The fourth-order valence-corrected chi connectivity index (χ4v) is 1.60. The number of halogens is 1. The van der Waals surface area contributed by atoms with Crippen LogP contribution in [0.15, 0.2) is 42.5 Å². The van der Waals surface area contributed by atoms with Crippen LogP contribution in [0.1, 0.15) is 11.1 Å². The van der Waals surface area contributed by atoms with Gasteiger partial charge in [0.15, 0.2) is 11.5 Å². The zero-order valence-electron chi connectivity index (χ0n) is 10.4. The van der Waals surface area contributed by atoms with Gasteiger partial charge in [0.05, 0.1) is 18.7 Å². The lowest BCUT2D eigenvalue weighted by molar-refractivity contribution is 0.284. The first-order valence-electron chi connectivity index (χ1n) is 5.68. The van der Waals surface area contributed by atoms with E-state index in [9.17, 15) is 4.39 Å². The molecule has 0 saturated carbocycles. The second-order valence-corrected chi connectivity index (χ2v) is 3.89. The Morgan fingerprint density at radius 3 is 2.47 bits per heavy atom. The molecule has 2 aromatic carbocycles. The van der Waals surface area contributed by atoms with Gasteiger partial charge in [-0.05, 0) is 29.8 Å². The molecule has 0 N–H and O–H groups in total. The van der Waals surface area contributed by atoms with Crippen LogP contribution in [0.5, 0.6) is 11.5 Å².